The average molecular weight is 295 g/mol. The SMILES string of the molecule is Cc1ccc2c(ccc3c4ccc5ccccc5c4n(C)c23)c1. The number of hydrogen-bond donors (Lipinski definition) is 0. The molecule has 110 valence electrons. The summed E-state index contributed by atoms with van der Waals surface area (Å²) in [5.41, 5.74) is 3.96. The fourth-order valence-corrected chi connectivity index (χ4v) is 3.96. The zero-order valence-electron chi connectivity index (χ0n) is 13.3. The van der Waals surface area contributed by atoms with E-state index in [1.807, 2.05) is 0 Å². The Kier molecular flexibility index (Phi) is 2.41. The first-order valence-electron chi connectivity index (χ1n) is 8.03. The summed E-state index contributed by atoms with van der Waals surface area (Å²) in [4.78, 5) is 0. The number of nitrogens with zero attached hydrogens (tertiary/aromatic N) is 1. The van der Waals surface area contributed by atoms with Crippen molar-refractivity contribution in [2.45, 2.75) is 6.92 Å². The summed E-state index contributed by atoms with van der Waals surface area (Å²) in [6, 6.07) is 24.4. The topological polar surface area (TPSA) is 4.93 Å². The normalized spacial score (nSPS) is 11.9. The molecule has 5 rings (SSSR count). The van der Waals surface area contributed by atoms with Crippen molar-refractivity contribution in [3.63, 3.8) is 0 Å². The lowest BCUT2D eigenvalue weighted by atomic mass is 10.0. The first-order valence-corrected chi connectivity index (χ1v) is 8.03. The van der Waals surface area contributed by atoms with Crippen LogP contribution in [0.15, 0.2) is 66.7 Å². The largest absolute Gasteiger partial charge is 0.343 e. The lowest BCUT2D eigenvalue weighted by Gasteiger charge is -2.05. The van der Waals surface area contributed by atoms with Gasteiger partial charge in [0.2, 0.25) is 0 Å². The maximum atomic E-state index is 2.37. The van der Waals surface area contributed by atoms with Crippen molar-refractivity contribution in [3.8, 4) is 0 Å². The molecule has 0 N–H and O–H groups in total. The van der Waals surface area contributed by atoms with Gasteiger partial charge in [-0.05, 0) is 17.7 Å². The van der Waals surface area contributed by atoms with E-state index in [2.05, 4.69) is 85.3 Å². The molecule has 0 unspecified atom stereocenters. The van der Waals surface area contributed by atoms with Crippen LogP contribution >= 0.6 is 0 Å². The lowest BCUT2D eigenvalue weighted by molar-refractivity contribution is 1.02. The third-order valence-corrected chi connectivity index (χ3v) is 5.01. The Balaban J connectivity index is 2.10. The van der Waals surface area contributed by atoms with Crippen LogP contribution in [0.3, 0.4) is 0 Å². The van der Waals surface area contributed by atoms with Gasteiger partial charge in [0.05, 0.1) is 11.0 Å². The molecule has 5 aromatic rings. The quantitative estimate of drug-likeness (QED) is 0.333. The molecule has 0 radical (unpaired) electrons. The van der Waals surface area contributed by atoms with Crippen molar-refractivity contribution in [2.24, 2.45) is 7.05 Å². The maximum Gasteiger partial charge on any atom is 0.0568 e. The van der Waals surface area contributed by atoms with Crippen molar-refractivity contribution >= 4 is 43.4 Å². The maximum absolute atomic E-state index is 2.37. The molecule has 1 aromatic heterocycles. The number of fused-ring (bicyclic) bond motifs is 7. The van der Waals surface area contributed by atoms with Gasteiger partial charge < -0.3 is 4.57 Å². The van der Waals surface area contributed by atoms with E-state index in [9.17, 15) is 0 Å². The number of aryl methyl sites for hydroxylation is 2. The van der Waals surface area contributed by atoms with Crippen molar-refractivity contribution in [3.05, 3.63) is 72.3 Å². The number of hydrogen-bond acceptors (Lipinski definition) is 0. The van der Waals surface area contributed by atoms with E-state index in [4.69, 9.17) is 0 Å². The highest BCUT2D eigenvalue weighted by Crippen LogP contribution is 2.36. The molecule has 0 aliphatic carbocycles. The van der Waals surface area contributed by atoms with Gasteiger partial charge in [-0.2, -0.15) is 0 Å². The Hall–Kier alpha value is -2.80. The average Bonchev–Trinajstić information content (AvgIpc) is 2.88. The van der Waals surface area contributed by atoms with Gasteiger partial charge in [-0.1, -0.05) is 72.3 Å². The Bertz CT molecular complexity index is 1220. The van der Waals surface area contributed by atoms with E-state index in [-0.39, 0.29) is 0 Å². The first-order chi connectivity index (χ1) is 11.2. The van der Waals surface area contributed by atoms with Gasteiger partial charge in [0.1, 0.15) is 0 Å². The second-order valence-electron chi connectivity index (χ2n) is 6.43. The van der Waals surface area contributed by atoms with Gasteiger partial charge >= 0.3 is 0 Å². The van der Waals surface area contributed by atoms with Crippen molar-refractivity contribution in [1.82, 2.24) is 4.57 Å². The summed E-state index contributed by atoms with van der Waals surface area (Å²) in [6.45, 7) is 2.15. The molecular weight excluding hydrogens is 278 g/mol. The predicted molar refractivity (Wildman–Crippen MR) is 100 cm³/mol. The fraction of sp³-hybridized carbons (Fsp3) is 0.0909. The number of aromatic nitrogens is 1. The van der Waals surface area contributed by atoms with Gasteiger partial charge in [-0.3, -0.25) is 0 Å². The fourth-order valence-electron chi connectivity index (χ4n) is 3.96. The van der Waals surface area contributed by atoms with Crippen LogP contribution in [0.1, 0.15) is 5.56 Å². The minimum Gasteiger partial charge on any atom is -0.343 e. The summed E-state index contributed by atoms with van der Waals surface area (Å²) >= 11 is 0. The molecule has 0 aliphatic rings. The molecular formula is C22H17N. The van der Waals surface area contributed by atoms with Gasteiger partial charge in [0.25, 0.3) is 0 Å². The number of benzene rings is 4. The minimum absolute atomic E-state index is 1.30. The standard InChI is InChI=1S/C22H17N/c1-14-7-10-18-16(13-14)9-12-20-19-11-8-15-5-3-4-6-17(15)21(19)23(2)22(18)20/h3-13H,1-2H3. The van der Waals surface area contributed by atoms with Crippen LogP contribution in [-0.4, -0.2) is 4.57 Å². The zero-order chi connectivity index (χ0) is 15.6. The van der Waals surface area contributed by atoms with Crippen LogP contribution in [0, 0.1) is 6.92 Å². The van der Waals surface area contributed by atoms with Crippen LogP contribution < -0.4 is 0 Å². The Labute approximate surface area is 134 Å². The van der Waals surface area contributed by atoms with Gasteiger partial charge in [0.15, 0.2) is 0 Å². The third kappa shape index (κ3) is 1.62. The molecule has 0 saturated carbocycles. The second-order valence-corrected chi connectivity index (χ2v) is 6.43. The van der Waals surface area contributed by atoms with Crippen molar-refractivity contribution in [2.75, 3.05) is 0 Å². The molecule has 1 heteroatoms. The summed E-state index contributed by atoms with van der Waals surface area (Å²) < 4.78 is 2.37. The molecule has 0 aliphatic heterocycles. The molecule has 0 fully saturated rings. The zero-order valence-corrected chi connectivity index (χ0v) is 13.3. The highest BCUT2D eigenvalue weighted by atomic mass is 14.9. The predicted octanol–water partition coefficient (Wildman–Crippen LogP) is 5.95. The summed E-state index contributed by atoms with van der Waals surface area (Å²) in [7, 11) is 2.19. The van der Waals surface area contributed by atoms with E-state index >= 15 is 0 Å². The minimum atomic E-state index is 1.30. The van der Waals surface area contributed by atoms with Gasteiger partial charge in [-0.15, -0.1) is 0 Å². The summed E-state index contributed by atoms with van der Waals surface area (Å²) in [6.07, 6.45) is 0. The molecule has 0 amide bonds. The van der Waals surface area contributed by atoms with E-state index in [1.165, 1.54) is 48.9 Å². The molecule has 0 atom stereocenters. The van der Waals surface area contributed by atoms with Crippen molar-refractivity contribution < 1.29 is 0 Å². The molecule has 1 heterocycles. The highest BCUT2D eigenvalue weighted by molar-refractivity contribution is 6.22. The third-order valence-electron chi connectivity index (χ3n) is 5.01. The Morgan fingerprint density at radius 1 is 0.609 bits per heavy atom. The van der Waals surface area contributed by atoms with Crippen LogP contribution in [-0.2, 0) is 7.05 Å². The highest BCUT2D eigenvalue weighted by Gasteiger charge is 2.13. The molecule has 23 heavy (non-hydrogen) atoms. The van der Waals surface area contributed by atoms with E-state index in [0.29, 0.717) is 0 Å². The first kappa shape index (κ1) is 12.7. The number of rotatable bonds is 0. The second kappa shape index (κ2) is 4.36. The van der Waals surface area contributed by atoms with E-state index in [0.717, 1.165) is 0 Å². The Morgan fingerprint density at radius 2 is 1.22 bits per heavy atom. The summed E-state index contributed by atoms with van der Waals surface area (Å²) in [5, 5.41) is 7.94. The summed E-state index contributed by atoms with van der Waals surface area (Å²) in [5.74, 6) is 0. The van der Waals surface area contributed by atoms with Gasteiger partial charge in [-0.25, -0.2) is 0 Å². The Morgan fingerprint density at radius 3 is 2.00 bits per heavy atom. The van der Waals surface area contributed by atoms with Crippen LogP contribution in [0.25, 0.3) is 43.4 Å². The molecule has 1 nitrogen and oxygen atoms in total. The monoisotopic (exact) mass is 295 g/mol. The molecule has 0 saturated heterocycles. The molecule has 0 spiro atoms. The smallest absolute Gasteiger partial charge is 0.0568 e. The van der Waals surface area contributed by atoms with E-state index < -0.39 is 0 Å². The van der Waals surface area contributed by atoms with Gasteiger partial charge in [0, 0.05) is 28.6 Å². The van der Waals surface area contributed by atoms with Crippen molar-refractivity contribution in [1.29, 1.82) is 0 Å². The van der Waals surface area contributed by atoms with Crippen LogP contribution in [0.5, 0.6) is 0 Å². The lowest BCUT2D eigenvalue weighted by Crippen LogP contribution is -1.89. The van der Waals surface area contributed by atoms with Crippen LogP contribution in [0.4, 0.5) is 0 Å². The molecule has 0 bridgehead atoms. The van der Waals surface area contributed by atoms with E-state index in [1.54, 1.807) is 0 Å². The molecule has 4 aromatic carbocycles. The van der Waals surface area contributed by atoms with Crippen LogP contribution in [0.2, 0.25) is 0 Å².